The van der Waals surface area contributed by atoms with Crippen LogP contribution in [0.5, 0.6) is 0 Å². The molecule has 1 N–H and O–H groups in total. The van der Waals surface area contributed by atoms with Crippen molar-refractivity contribution in [1.82, 2.24) is 5.32 Å². The molecule has 19 heavy (non-hydrogen) atoms. The van der Waals surface area contributed by atoms with Crippen molar-refractivity contribution < 1.29 is 13.9 Å². The van der Waals surface area contributed by atoms with Crippen LogP contribution in [0.1, 0.15) is 31.4 Å². The Morgan fingerprint density at radius 2 is 2.11 bits per heavy atom. The number of hydrogen-bond acceptors (Lipinski definition) is 3. The fourth-order valence-corrected chi connectivity index (χ4v) is 1.97. The highest BCUT2D eigenvalue weighted by atomic mass is 19.1. The van der Waals surface area contributed by atoms with Crippen molar-refractivity contribution in [2.75, 3.05) is 7.11 Å². The number of carbonyl (C=O) groups excluding carboxylic acids is 1. The quantitative estimate of drug-likeness (QED) is 0.805. The summed E-state index contributed by atoms with van der Waals surface area (Å²) in [4.78, 5) is 11.7. The minimum absolute atomic E-state index is 0.243. The van der Waals surface area contributed by atoms with Crippen molar-refractivity contribution in [2.45, 2.75) is 39.8 Å². The summed E-state index contributed by atoms with van der Waals surface area (Å²) in [6.45, 7) is 6.50. The molecule has 3 nitrogen and oxygen atoms in total. The van der Waals surface area contributed by atoms with Crippen LogP contribution in [0.4, 0.5) is 4.39 Å². The highest BCUT2D eigenvalue weighted by molar-refractivity contribution is 5.75. The number of nitrogens with one attached hydrogen (secondary N) is 1. The Labute approximate surface area is 114 Å². The first kappa shape index (κ1) is 15.6. The van der Waals surface area contributed by atoms with Crippen molar-refractivity contribution in [3.05, 3.63) is 35.1 Å². The Balaban J connectivity index is 2.67. The van der Waals surface area contributed by atoms with Gasteiger partial charge in [0.25, 0.3) is 0 Å². The van der Waals surface area contributed by atoms with Crippen molar-refractivity contribution in [2.24, 2.45) is 5.92 Å². The molecule has 0 heterocycles. The number of rotatable bonds is 6. The molecule has 106 valence electrons. The molecule has 0 aliphatic heterocycles. The zero-order chi connectivity index (χ0) is 14.4. The number of benzene rings is 1. The van der Waals surface area contributed by atoms with Crippen molar-refractivity contribution >= 4 is 5.97 Å². The molecule has 0 aliphatic rings. The van der Waals surface area contributed by atoms with E-state index in [0.29, 0.717) is 18.9 Å². The van der Waals surface area contributed by atoms with E-state index in [0.717, 1.165) is 11.1 Å². The molecule has 1 aromatic carbocycles. The Morgan fingerprint density at radius 1 is 1.42 bits per heavy atom. The first-order valence-corrected chi connectivity index (χ1v) is 6.50. The number of ether oxygens (including phenoxy) is 1. The van der Waals surface area contributed by atoms with Gasteiger partial charge >= 0.3 is 5.97 Å². The fraction of sp³-hybridized carbons (Fsp3) is 0.533. The van der Waals surface area contributed by atoms with Gasteiger partial charge in [-0.25, -0.2) is 4.39 Å². The van der Waals surface area contributed by atoms with Gasteiger partial charge in [-0.05, 0) is 42.5 Å². The molecule has 0 fully saturated rings. The van der Waals surface area contributed by atoms with E-state index in [-0.39, 0.29) is 17.8 Å². The van der Waals surface area contributed by atoms with Crippen molar-refractivity contribution in [1.29, 1.82) is 0 Å². The molecule has 0 amide bonds. The van der Waals surface area contributed by atoms with Crippen LogP contribution in [0.15, 0.2) is 18.2 Å². The molecular weight excluding hydrogens is 245 g/mol. The number of hydrogen-bond donors (Lipinski definition) is 1. The van der Waals surface area contributed by atoms with Crippen LogP contribution in [-0.4, -0.2) is 19.1 Å². The SMILES string of the molecule is COC(=O)C(CC(C)C)NCc1ccc(F)cc1C. The molecule has 0 saturated carbocycles. The van der Waals surface area contributed by atoms with Gasteiger partial charge in [-0.2, -0.15) is 0 Å². The summed E-state index contributed by atoms with van der Waals surface area (Å²) < 4.78 is 17.8. The molecule has 1 rings (SSSR count). The molecule has 0 spiro atoms. The Bertz CT molecular complexity index is 432. The molecule has 0 aromatic heterocycles. The standard InChI is InChI=1S/C15H22FNO2/c1-10(2)7-14(15(18)19-4)17-9-12-5-6-13(16)8-11(12)3/h5-6,8,10,14,17H,7,9H2,1-4H3. The maximum atomic E-state index is 13.0. The predicted octanol–water partition coefficient (Wildman–Crippen LogP) is 2.81. The number of methoxy groups -OCH3 is 1. The normalized spacial score (nSPS) is 12.5. The monoisotopic (exact) mass is 267 g/mol. The van der Waals surface area contributed by atoms with E-state index in [4.69, 9.17) is 4.74 Å². The van der Waals surface area contributed by atoms with Crippen molar-refractivity contribution in [3.63, 3.8) is 0 Å². The second-order valence-electron chi connectivity index (χ2n) is 5.16. The molecule has 0 bridgehead atoms. The van der Waals surface area contributed by atoms with Crippen LogP contribution >= 0.6 is 0 Å². The molecular formula is C15H22FNO2. The number of esters is 1. The average molecular weight is 267 g/mol. The van der Waals surface area contributed by atoms with Gasteiger partial charge in [0.15, 0.2) is 0 Å². The number of aryl methyl sites for hydroxylation is 1. The summed E-state index contributed by atoms with van der Waals surface area (Å²) in [7, 11) is 1.39. The van der Waals surface area contributed by atoms with E-state index in [1.807, 2.05) is 6.92 Å². The molecule has 1 aromatic rings. The Kier molecular flexibility index (Phi) is 5.96. The predicted molar refractivity (Wildman–Crippen MR) is 73.2 cm³/mol. The Morgan fingerprint density at radius 3 is 2.63 bits per heavy atom. The van der Waals surface area contributed by atoms with Gasteiger partial charge in [0, 0.05) is 6.54 Å². The largest absolute Gasteiger partial charge is 0.468 e. The zero-order valence-electron chi connectivity index (χ0n) is 12.0. The van der Waals surface area contributed by atoms with Crippen LogP contribution in [-0.2, 0) is 16.1 Å². The van der Waals surface area contributed by atoms with E-state index in [9.17, 15) is 9.18 Å². The third-order valence-corrected chi connectivity index (χ3v) is 3.04. The lowest BCUT2D eigenvalue weighted by Gasteiger charge is -2.19. The summed E-state index contributed by atoms with van der Waals surface area (Å²) in [5.74, 6) is -0.104. The minimum atomic E-state index is -0.325. The smallest absolute Gasteiger partial charge is 0.322 e. The van der Waals surface area contributed by atoms with Gasteiger partial charge < -0.3 is 10.1 Å². The van der Waals surface area contributed by atoms with E-state index >= 15 is 0 Å². The lowest BCUT2D eigenvalue weighted by atomic mass is 10.0. The fourth-order valence-electron chi connectivity index (χ4n) is 1.97. The molecule has 1 unspecified atom stereocenters. The maximum Gasteiger partial charge on any atom is 0.322 e. The molecule has 4 heteroatoms. The van der Waals surface area contributed by atoms with Crippen LogP contribution in [0.3, 0.4) is 0 Å². The lowest BCUT2D eigenvalue weighted by Crippen LogP contribution is -2.38. The third kappa shape index (κ3) is 4.99. The molecule has 1 atom stereocenters. The second-order valence-corrected chi connectivity index (χ2v) is 5.16. The summed E-state index contributed by atoms with van der Waals surface area (Å²) in [6, 6.07) is 4.34. The van der Waals surface area contributed by atoms with Gasteiger partial charge in [-0.3, -0.25) is 4.79 Å². The second kappa shape index (κ2) is 7.24. The summed E-state index contributed by atoms with van der Waals surface area (Å²) >= 11 is 0. The van der Waals surface area contributed by atoms with Crippen LogP contribution in [0, 0.1) is 18.7 Å². The molecule has 0 radical (unpaired) electrons. The van der Waals surface area contributed by atoms with Crippen LogP contribution in [0.25, 0.3) is 0 Å². The van der Waals surface area contributed by atoms with Gasteiger partial charge in [0.1, 0.15) is 11.9 Å². The summed E-state index contributed by atoms with van der Waals surface area (Å²) in [6.07, 6.45) is 0.715. The topological polar surface area (TPSA) is 38.3 Å². The molecule has 0 aliphatic carbocycles. The van der Waals surface area contributed by atoms with Gasteiger partial charge in [-0.1, -0.05) is 19.9 Å². The Hall–Kier alpha value is -1.42. The van der Waals surface area contributed by atoms with E-state index < -0.39 is 0 Å². The summed E-state index contributed by atoms with van der Waals surface area (Å²) in [5.41, 5.74) is 1.86. The first-order chi connectivity index (χ1) is 8.93. The highest BCUT2D eigenvalue weighted by Crippen LogP contribution is 2.12. The summed E-state index contributed by atoms with van der Waals surface area (Å²) in [5, 5.41) is 3.18. The number of carbonyl (C=O) groups is 1. The van der Waals surface area contributed by atoms with E-state index in [2.05, 4.69) is 19.2 Å². The van der Waals surface area contributed by atoms with Gasteiger partial charge in [-0.15, -0.1) is 0 Å². The maximum absolute atomic E-state index is 13.0. The zero-order valence-corrected chi connectivity index (χ0v) is 12.0. The van der Waals surface area contributed by atoms with Crippen molar-refractivity contribution in [3.8, 4) is 0 Å². The van der Waals surface area contributed by atoms with Crippen LogP contribution < -0.4 is 5.32 Å². The third-order valence-electron chi connectivity index (χ3n) is 3.04. The molecule has 0 saturated heterocycles. The highest BCUT2D eigenvalue weighted by Gasteiger charge is 2.19. The average Bonchev–Trinajstić information content (AvgIpc) is 2.34. The van der Waals surface area contributed by atoms with E-state index in [1.165, 1.54) is 19.2 Å². The number of halogens is 1. The van der Waals surface area contributed by atoms with E-state index in [1.54, 1.807) is 6.07 Å². The van der Waals surface area contributed by atoms with Crippen LogP contribution in [0.2, 0.25) is 0 Å². The first-order valence-electron chi connectivity index (χ1n) is 6.50. The lowest BCUT2D eigenvalue weighted by molar-refractivity contribution is -0.143. The van der Waals surface area contributed by atoms with Gasteiger partial charge in [0.05, 0.1) is 7.11 Å². The van der Waals surface area contributed by atoms with Gasteiger partial charge in [0.2, 0.25) is 0 Å². The minimum Gasteiger partial charge on any atom is -0.468 e.